The molecular weight excluding hydrogens is 406 g/mol. The molecule has 0 bridgehead atoms. The normalized spacial score (nSPS) is 10.5. The van der Waals surface area contributed by atoms with Crippen LogP contribution in [0.15, 0.2) is 65.7 Å². The zero-order valence-electron chi connectivity index (χ0n) is 13.2. The predicted molar refractivity (Wildman–Crippen MR) is 100 cm³/mol. The van der Waals surface area contributed by atoms with E-state index in [0.29, 0.717) is 17.3 Å². The van der Waals surface area contributed by atoms with Crippen LogP contribution in [0.2, 0.25) is 5.02 Å². The Morgan fingerprint density at radius 1 is 1.28 bits per heavy atom. The van der Waals surface area contributed by atoms with E-state index in [1.165, 1.54) is 0 Å². The summed E-state index contributed by atoms with van der Waals surface area (Å²) in [6, 6.07) is 13.0. The first-order valence-electron chi connectivity index (χ1n) is 7.54. The van der Waals surface area contributed by atoms with Gasteiger partial charge in [-0.05, 0) is 29.8 Å². The van der Waals surface area contributed by atoms with Crippen LogP contribution in [0.3, 0.4) is 0 Å². The first-order valence-corrected chi connectivity index (χ1v) is 8.71. The van der Waals surface area contributed by atoms with Crippen molar-refractivity contribution in [3.63, 3.8) is 0 Å². The van der Waals surface area contributed by atoms with Crippen molar-refractivity contribution in [3.8, 4) is 11.4 Å². The number of imidazole rings is 1. The van der Waals surface area contributed by atoms with Crippen LogP contribution in [0.5, 0.6) is 5.75 Å². The Hall–Kier alpha value is -2.31. The zero-order chi connectivity index (χ0) is 17.6. The van der Waals surface area contributed by atoms with Crippen molar-refractivity contribution in [2.24, 2.45) is 0 Å². The number of aromatic nitrogens is 2. The van der Waals surface area contributed by atoms with Gasteiger partial charge in [0.2, 0.25) is 0 Å². The molecule has 0 atom stereocenters. The molecule has 0 radical (unpaired) electrons. The van der Waals surface area contributed by atoms with Crippen molar-refractivity contribution >= 4 is 33.4 Å². The summed E-state index contributed by atoms with van der Waals surface area (Å²) in [7, 11) is 0. The lowest BCUT2D eigenvalue weighted by atomic mass is 10.1. The molecule has 1 amide bonds. The number of hydrogen-bond acceptors (Lipinski definition) is 3. The molecule has 7 heteroatoms. The van der Waals surface area contributed by atoms with Crippen LogP contribution in [-0.4, -0.2) is 22.1 Å². The van der Waals surface area contributed by atoms with Crippen LogP contribution < -0.4 is 10.1 Å². The van der Waals surface area contributed by atoms with Gasteiger partial charge in [0.25, 0.3) is 5.91 Å². The second kappa shape index (κ2) is 8.18. The Balaban J connectivity index is 1.58. The molecule has 0 aliphatic carbocycles. The number of carbonyl (C=O) groups excluding carboxylic acids is 1. The number of nitrogens with one attached hydrogen (secondary N) is 1. The maximum atomic E-state index is 12.1. The average molecular weight is 421 g/mol. The van der Waals surface area contributed by atoms with E-state index in [2.05, 4.69) is 26.2 Å². The van der Waals surface area contributed by atoms with E-state index < -0.39 is 0 Å². The van der Waals surface area contributed by atoms with Gasteiger partial charge in [0.05, 0.1) is 17.0 Å². The van der Waals surface area contributed by atoms with Gasteiger partial charge in [-0.15, -0.1) is 0 Å². The SMILES string of the molecule is O=C(COc1ccc(Br)cc1Cl)NCc1ccccc1-n1ccnc1. The van der Waals surface area contributed by atoms with Crippen molar-refractivity contribution < 1.29 is 9.53 Å². The topological polar surface area (TPSA) is 56.1 Å². The molecule has 0 aliphatic heterocycles. The maximum Gasteiger partial charge on any atom is 0.258 e. The number of halogens is 2. The molecule has 128 valence electrons. The van der Waals surface area contributed by atoms with Gasteiger partial charge in [-0.2, -0.15) is 0 Å². The maximum absolute atomic E-state index is 12.1. The highest BCUT2D eigenvalue weighted by Crippen LogP contribution is 2.27. The smallest absolute Gasteiger partial charge is 0.258 e. The fourth-order valence-corrected chi connectivity index (χ4v) is 3.02. The summed E-state index contributed by atoms with van der Waals surface area (Å²) in [5.41, 5.74) is 1.95. The third-order valence-electron chi connectivity index (χ3n) is 3.50. The molecule has 0 spiro atoms. The molecule has 1 heterocycles. The van der Waals surface area contributed by atoms with Crippen LogP contribution in [-0.2, 0) is 11.3 Å². The van der Waals surface area contributed by atoms with Gasteiger partial charge >= 0.3 is 0 Å². The molecule has 0 saturated carbocycles. The first kappa shape index (κ1) is 17.5. The number of para-hydroxylation sites is 1. The lowest BCUT2D eigenvalue weighted by molar-refractivity contribution is -0.123. The molecule has 0 fully saturated rings. The van der Waals surface area contributed by atoms with Gasteiger partial charge < -0.3 is 14.6 Å². The van der Waals surface area contributed by atoms with Crippen LogP contribution in [0, 0.1) is 0 Å². The van der Waals surface area contributed by atoms with Crippen molar-refractivity contribution in [3.05, 3.63) is 76.2 Å². The minimum absolute atomic E-state index is 0.103. The minimum Gasteiger partial charge on any atom is -0.482 e. The molecule has 2 aromatic carbocycles. The second-order valence-corrected chi connectivity index (χ2v) is 6.56. The van der Waals surface area contributed by atoms with Gasteiger partial charge in [0, 0.05) is 23.4 Å². The predicted octanol–water partition coefficient (Wildman–Crippen LogP) is 3.98. The summed E-state index contributed by atoms with van der Waals surface area (Å²) in [6.07, 6.45) is 5.30. The Morgan fingerprint density at radius 2 is 2.12 bits per heavy atom. The van der Waals surface area contributed by atoms with Gasteiger partial charge in [-0.1, -0.05) is 45.7 Å². The van der Waals surface area contributed by atoms with Crippen molar-refractivity contribution in [1.29, 1.82) is 0 Å². The van der Waals surface area contributed by atoms with Gasteiger partial charge in [0.1, 0.15) is 5.75 Å². The van der Waals surface area contributed by atoms with E-state index in [1.807, 2.05) is 35.0 Å². The molecule has 5 nitrogen and oxygen atoms in total. The quantitative estimate of drug-likeness (QED) is 0.656. The van der Waals surface area contributed by atoms with E-state index in [-0.39, 0.29) is 12.5 Å². The zero-order valence-corrected chi connectivity index (χ0v) is 15.5. The number of nitrogens with zero attached hydrogens (tertiary/aromatic N) is 2. The molecule has 3 aromatic rings. The summed E-state index contributed by atoms with van der Waals surface area (Å²) < 4.78 is 8.22. The molecule has 0 saturated heterocycles. The number of benzene rings is 2. The van der Waals surface area contributed by atoms with Crippen molar-refractivity contribution in [2.75, 3.05) is 6.61 Å². The lowest BCUT2D eigenvalue weighted by Crippen LogP contribution is -2.28. The highest BCUT2D eigenvalue weighted by Gasteiger charge is 2.08. The Morgan fingerprint density at radius 3 is 2.88 bits per heavy atom. The fraction of sp³-hybridized carbons (Fsp3) is 0.111. The minimum atomic E-state index is -0.223. The summed E-state index contributed by atoms with van der Waals surface area (Å²) >= 11 is 9.39. The van der Waals surface area contributed by atoms with Crippen LogP contribution in [0.4, 0.5) is 0 Å². The molecule has 25 heavy (non-hydrogen) atoms. The summed E-state index contributed by atoms with van der Waals surface area (Å²) in [5.74, 6) is 0.248. The number of hydrogen-bond donors (Lipinski definition) is 1. The Labute approximate surface area is 158 Å². The van der Waals surface area contributed by atoms with E-state index in [9.17, 15) is 4.79 Å². The lowest BCUT2D eigenvalue weighted by Gasteiger charge is -2.12. The molecular formula is C18H15BrClN3O2. The third kappa shape index (κ3) is 4.61. The Bertz CT molecular complexity index is 869. The van der Waals surface area contributed by atoms with Gasteiger partial charge in [-0.3, -0.25) is 4.79 Å². The third-order valence-corrected chi connectivity index (χ3v) is 4.29. The second-order valence-electron chi connectivity index (χ2n) is 5.24. The summed E-state index contributed by atoms with van der Waals surface area (Å²) in [4.78, 5) is 16.1. The van der Waals surface area contributed by atoms with E-state index in [4.69, 9.17) is 16.3 Å². The molecule has 0 aliphatic rings. The molecule has 1 aromatic heterocycles. The summed E-state index contributed by atoms with van der Waals surface area (Å²) in [5, 5.41) is 3.30. The van der Waals surface area contributed by atoms with Gasteiger partial charge in [0.15, 0.2) is 6.61 Å². The fourth-order valence-electron chi connectivity index (χ4n) is 2.29. The Kier molecular flexibility index (Phi) is 5.73. The van der Waals surface area contributed by atoms with Crippen LogP contribution in [0.1, 0.15) is 5.56 Å². The van der Waals surface area contributed by atoms with E-state index in [0.717, 1.165) is 15.7 Å². The summed E-state index contributed by atoms with van der Waals surface area (Å²) in [6.45, 7) is 0.291. The number of rotatable bonds is 6. The molecule has 1 N–H and O–H groups in total. The van der Waals surface area contributed by atoms with Gasteiger partial charge in [-0.25, -0.2) is 4.98 Å². The van der Waals surface area contributed by atoms with E-state index >= 15 is 0 Å². The number of ether oxygens (including phenoxy) is 1. The monoisotopic (exact) mass is 419 g/mol. The first-order chi connectivity index (χ1) is 12.1. The highest BCUT2D eigenvalue weighted by atomic mass is 79.9. The molecule has 3 rings (SSSR count). The number of carbonyl (C=O) groups is 1. The van der Waals surface area contributed by atoms with E-state index in [1.54, 1.807) is 30.7 Å². The average Bonchev–Trinajstić information content (AvgIpc) is 3.14. The molecule has 0 unspecified atom stereocenters. The van der Waals surface area contributed by atoms with Crippen molar-refractivity contribution in [2.45, 2.75) is 6.54 Å². The largest absolute Gasteiger partial charge is 0.482 e. The highest BCUT2D eigenvalue weighted by molar-refractivity contribution is 9.10. The standard InChI is InChI=1S/C18H15BrClN3O2/c19-14-5-6-17(15(20)9-14)25-11-18(24)22-10-13-3-1-2-4-16(13)23-8-7-21-12-23/h1-9,12H,10-11H2,(H,22,24). The van der Waals surface area contributed by atoms with Crippen molar-refractivity contribution in [1.82, 2.24) is 14.9 Å². The van der Waals surface area contributed by atoms with Crippen LogP contribution >= 0.6 is 27.5 Å². The number of amides is 1. The van der Waals surface area contributed by atoms with Crippen LogP contribution in [0.25, 0.3) is 5.69 Å².